The first kappa shape index (κ1) is 23.1. The Balaban J connectivity index is 0.00000280. The van der Waals surface area contributed by atoms with Crippen LogP contribution in [0.25, 0.3) is 0 Å². The van der Waals surface area contributed by atoms with Crippen molar-refractivity contribution in [1.29, 1.82) is 0 Å². The number of methoxy groups -OCH3 is 1. The molecule has 1 aliphatic heterocycles. The first-order valence-electron chi connectivity index (χ1n) is 10.3. The van der Waals surface area contributed by atoms with Crippen LogP contribution in [-0.4, -0.2) is 38.8 Å². The van der Waals surface area contributed by atoms with Crippen LogP contribution < -0.4 is 10.6 Å². The van der Waals surface area contributed by atoms with E-state index in [2.05, 4.69) is 23.6 Å². The van der Waals surface area contributed by atoms with Crippen LogP contribution in [-0.2, 0) is 20.9 Å². The normalized spacial score (nSPS) is 24.2. The molecule has 1 saturated heterocycles. The van der Waals surface area contributed by atoms with Gasteiger partial charge in [0.15, 0.2) is 0 Å². The predicted octanol–water partition coefficient (Wildman–Crippen LogP) is 4.16. The van der Waals surface area contributed by atoms with Crippen LogP contribution in [0.3, 0.4) is 0 Å². The Hall–Kier alpha value is -1.14. The summed E-state index contributed by atoms with van der Waals surface area (Å²) < 4.78 is 11.5. The van der Waals surface area contributed by atoms with Gasteiger partial charge in [-0.1, -0.05) is 31.9 Å². The molecule has 1 saturated carbocycles. The van der Waals surface area contributed by atoms with Crippen molar-refractivity contribution < 1.29 is 14.3 Å². The van der Waals surface area contributed by atoms with Crippen molar-refractivity contribution in [3.05, 3.63) is 29.8 Å². The van der Waals surface area contributed by atoms with Crippen molar-refractivity contribution >= 4 is 24.0 Å². The van der Waals surface area contributed by atoms with Crippen molar-refractivity contribution in [3.8, 4) is 0 Å². The van der Waals surface area contributed by atoms with E-state index < -0.39 is 5.41 Å². The summed E-state index contributed by atoms with van der Waals surface area (Å²) in [6.45, 7) is 5.08. The molecule has 0 bridgehead atoms. The average Bonchev–Trinajstić information content (AvgIpc) is 2.68. The third-order valence-corrected chi connectivity index (χ3v) is 6.02. The van der Waals surface area contributed by atoms with Gasteiger partial charge in [0, 0.05) is 12.8 Å². The molecular formula is C22H35ClN2O3. The molecule has 0 radical (unpaired) electrons. The minimum atomic E-state index is -0.440. The Labute approximate surface area is 175 Å². The summed E-state index contributed by atoms with van der Waals surface area (Å²) in [5.74, 6) is 0.821. The van der Waals surface area contributed by atoms with Gasteiger partial charge in [-0.3, -0.25) is 4.79 Å². The molecule has 1 aromatic rings. The Bertz CT molecular complexity index is 614. The molecule has 1 amide bonds. The maximum Gasteiger partial charge on any atom is 0.233 e. The molecule has 1 aliphatic carbocycles. The highest BCUT2D eigenvalue weighted by atomic mass is 35.5. The fourth-order valence-electron chi connectivity index (χ4n) is 4.37. The van der Waals surface area contributed by atoms with Gasteiger partial charge in [0.1, 0.15) is 0 Å². The lowest BCUT2D eigenvalue weighted by Gasteiger charge is -2.35. The standard InChI is InChI=1S/C22H34N2O3.ClH/c1-17-5-3-8-20(13-17)27-15-18-6-4-7-19(14-18)24-21(25)22(16-26-2)9-11-23-12-10-22;/h4,6-7,14,17,20,23H,3,5,8-13,15-16H2,1-2H3,(H,24,25);1H. The van der Waals surface area contributed by atoms with Crippen molar-refractivity contribution in [2.45, 2.75) is 58.2 Å². The van der Waals surface area contributed by atoms with Gasteiger partial charge in [-0.25, -0.2) is 0 Å². The zero-order valence-electron chi connectivity index (χ0n) is 17.2. The van der Waals surface area contributed by atoms with E-state index in [-0.39, 0.29) is 18.3 Å². The summed E-state index contributed by atoms with van der Waals surface area (Å²) in [6.07, 6.45) is 6.87. The van der Waals surface area contributed by atoms with Gasteiger partial charge in [-0.05, 0) is 62.4 Å². The molecule has 6 heteroatoms. The number of piperidine rings is 1. The number of carbonyl (C=O) groups excluding carboxylic acids is 1. The lowest BCUT2D eigenvalue weighted by Crippen LogP contribution is -2.47. The maximum absolute atomic E-state index is 13.0. The third-order valence-electron chi connectivity index (χ3n) is 6.02. The van der Waals surface area contributed by atoms with Gasteiger partial charge >= 0.3 is 0 Å². The van der Waals surface area contributed by atoms with Gasteiger partial charge in [-0.2, -0.15) is 0 Å². The van der Waals surface area contributed by atoms with Crippen LogP contribution in [0.5, 0.6) is 0 Å². The van der Waals surface area contributed by atoms with Crippen molar-refractivity contribution in [2.24, 2.45) is 11.3 Å². The number of benzene rings is 1. The lowest BCUT2D eigenvalue weighted by atomic mass is 9.78. The fourth-order valence-corrected chi connectivity index (χ4v) is 4.37. The number of nitrogens with one attached hydrogen (secondary N) is 2. The number of rotatable bonds is 7. The lowest BCUT2D eigenvalue weighted by molar-refractivity contribution is -0.130. The van der Waals surface area contributed by atoms with Crippen LogP contribution >= 0.6 is 12.4 Å². The van der Waals surface area contributed by atoms with E-state index in [0.717, 1.165) is 55.9 Å². The third kappa shape index (κ3) is 6.18. The highest BCUT2D eigenvalue weighted by Gasteiger charge is 2.39. The van der Waals surface area contributed by atoms with Gasteiger partial charge in [0.2, 0.25) is 5.91 Å². The van der Waals surface area contributed by atoms with Crippen molar-refractivity contribution in [3.63, 3.8) is 0 Å². The highest BCUT2D eigenvalue weighted by molar-refractivity contribution is 5.95. The van der Waals surface area contributed by atoms with Crippen LogP contribution in [0.4, 0.5) is 5.69 Å². The van der Waals surface area contributed by atoms with Gasteiger partial charge in [0.05, 0.1) is 24.7 Å². The summed E-state index contributed by atoms with van der Waals surface area (Å²) in [4.78, 5) is 13.0. The molecule has 2 N–H and O–H groups in total. The van der Waals surface area contributed by atoms with E-state index in [1.807, 2.05) is 18.2 Å². The molecule has 2 fully saturated rings. The second kappa shape index (κ2) is 11.1. The number of hydrogen-bond donors (Lipinski definition) is 2. The first-order valence-corrected chi connectivity index (χ1v) is 10.3. The van der Waals surface area contributed by atoms with E-state index in [0.29, 0.717) is 19.3 Å². The number of carbonyl (C=O) groups is 1. The van der Waals surface area contributed by atoms with E-state index in [1.165, 1.54) is 12.8 Å². The topological polar surface area (TPSA) is 59.6 Å². The summed E-state index contributed by atoms with van der Waals surface area (Å²) in [6, 6.07) is 8.04. The highest BCUT2D eigenvalue weighted by Crippen LogP contribution is 2.31. The Morgan fingerprint density at radius 3 is 2.79 bits per heavy atom. The summed E-state index contributed by atoms with van der Waals surface area (Å²) in [5, 5.41) is 6.45. The number of anilines is 1. The first-order chi connectivity index (χ1) is 13.1. The number of hydrogen-bond acceptors (Lipinski definition) is 4. The molecule has 0 aromatic heterocycles. The van der Waals surface area contributed by atoms with E-state index >= 15 is 0 Å². The molecule has 5 nitrogen and oxygen atoms in total. The van der Waals surface area contributed by atoms with Gasteiger partial charge in [0.25, 0.3) is 0 Å². The van der Waals surface area contributed by atoms with Crippen LogP contribution in [0.2, 0.25) is 0 Å². The Kier molecular flexibility index (Phi) is 9.22. The molecule has 1 aromatic carbocycles. The zero-order valence-corrected chi connectivity index (χ0v) is 18.0. The monoisotopic (exact) mass is 410 g/mol. The molecular weight excluding hydrogens is 376 g/mol. The van der Waals surface area contributed by atoms with Crippen LogP contribution in [0, 0.1) is 11.3 Å². The number of ether oxygens (including phenoxy) is 2. The predicted molar refractivity (Wildman–Crippen MR) is 115 cm³/mol. The van der Waals surface area contributed by atoms with Gasteiger partial charge in [-0.15, -0.1) is 12.4 Å². The maximum atomic E-state index is 13.0. The van der Waals surface area contributed by atoms with Crippen molar-refractivity contribution in [1.82, 2.24) is 5.32 Å². The smallest absolute Gasteiger partial charge is 0.233 e. The van der Waals surface area contributed by atoms with Gasteiger partial charge < -0.3 is 20.1 Å². The molecule has 0 spiro atoms. The summed E-state index contributed by atoms with van der Waals surface area (Å²) in [5.41, 5.74) is 1.51. The Morgan fingerprint density at radius 2 is 2.07 bits per heavy atom. The van der Waals surface area contributed by atoms with Crippen LogP contribution in [0.15, 0.2) is 24.3 Å². The second-order valence-electron chi connectivity index (χ2n) is 8.32. The SMILES string of the molecule is COCC1(C(=O)Nc2cccc(COC3CCCC(C)C3)c2)CCNCC1.Cl. The number of halogens is 1. The second-order valence-corrected chi connectivity index (χ2v) is 8.32. The summed E-state index contributed by atoms with van der Waals surface area (Å²) in [7, 11) is 1.67. The molecule has 28 heavy (non-hydrogen) atoms. The molecule has 3 rings (SSSR count). The minimum absolute atomic E-state index is 0. The zero-order chi connectivity index (χ0) is 19.1. The van der Waals surface area contributed by atoms with Crippen LogP contribution in [0.1, 0.15) is 51.0 Å². The largest absolute Gasteiger partial charge is 0.384 e. The van der Waals surface area contributed by atoms with E-state index in [4.69, 9.17) is 9.47 Å². The minimum Gasteiger partial charge on any atom is -0.384 e. The molecule has 1 heterocycles. The fraction of sp³-hybridized carbons (Fsp3) is 0.682. The van der Waals surface area contributed by atoms with E-state index in [1.54, 1.807) is 7.11 Å². The molecule has 2 atom stereocenters. The molecule has 2 aliphatic rings. The average molecular weight is 411 g/mol. The number of amides is 1. The van der Waals surface area contributed by atoms with Crippen molar-refractivity contribution in [2.75, 3.05) is 32.1 Å². The Morgan fingerprint density at radius 1 is 1.29 bits per heavy atom. The molecule has 158 valence electrons. The van der Waals surface area contributed by atoms with E-state index in [9.17, 15) is 4.79 Å². The quantitative estimate of drug-likeness (QED) is 0.708. The summed E-state index contributed by atoms with van der Waals surface area (Å²) >= 11 is 0. The molecule has 2 unspecified atom stereocenters.